The molecule has 0 saturated carbocycles. The van der Waals surface area contributed by atoms with E-state index >= 15 is 0 Å². The summed E-state index contributed by atoms with van der Waals surface area (Å²) in [6, 6.07) is 9.04. The molecule has 1 fully saturated rings. The molecule has 3 rings (SSSR count). The van der Waals surface area contributed by atoms with Gasteiger partial charge in [-0.3, -0.25) is 0 Å². The number of nitrogens with one attached hydrogen (secondary N) is 1. The molecule has 0 aliphatic carbocycles. The Hall–Kier alpha value is -1.39. The maximum Gasteiger partial charge on any atom is 0.123 e. The number of likely N-dealkylation sites (tertiary alicyclic amines) is 1. The third kappa shape index (κ3) is 2.72. The lowest BCUT2D eigenvalue weighted by Crippen LogP contribution is -2.40. The fourth-order valence-corrected chi connectivity index (χ4v) is 3.06. The van der Waals surface area contributed by atoms with E-state index in [0.29, 0.717) is 6.04 Å². The number of aryl methyl sites for hydroxylation is 1. The molecule has 0 bridgehead atoms. The average molecular weight is 272 g/mol. The predicted octanol–water partition coefficient (Wildman–Crippen LogP) is 2.24. The van der Waals surface area contributed by atoms with Gasteiger partial charge in [0.2, 0.25) is 0 Å². The Labute approximate surface area is 120 Å². The molecule has 0 atom stereocenters. The van der Waals surface area contributed by atoms with Crippen LogP contribution in [0.4, 0.5) is 0 Å². The molecule has 0 spiro atoms. The van der Waals surface area contributed by atoms with E-state index in [1.807, 2.05) is 0 Å². The van der Waals surface area contributed by atoms with Crippen LogP contribution in [0.25, 0.3) is 11.0 Å². The van der Waals surface area contributed by atoms with Gasteiger partial charge in [0.05, 0.1) is 17.6 Å². The summed E-state index contributed by atoms with van der Waals surface area (Å²) in [5.74, 6) is 1.16. The highest BCUT2D eigenvalue weighted by molar-refractivity contribution is 5.75. The quantitative estimate of drug-likeness (QED) is 0.926. The number of piperidine rings is 1. The van der Waals surface area contributed by atoms with E-state index in [-0.39, 0.29) is 0 Å². The first-order valence-electron chi connectivity index (χ1n) is 7.64. The van der Waals surface area contributed by atoms with Crippen LogP contribution < -0.4 is 5.32 Å². The lowest BCUT2D eigenvalue weighted by atomic mass is 10.1. The van der Waals surface area contributed by atoms with Crippen molar-refractivity contribution in [1.82, 2.24) is 19.8 Å². The van der Waals surface area contributed by atoms with E-state index in [9.17, 15) is 0 Å². The SMILES string of the molecule is CCn1c(CNC2CCN(C)CC2)nc2ccccc21. The van der Waals surface area contributed by atoms with Crippen LogP contribution in [0.2, 0.25) is 0 Å². The Morgan fingerprint density at radius 1 is 1.25 bits per heavy atom. The van der Waals surface area contributed by atoms with Gasteiger partial charge in [0.15, 0.2) is 0 Å². The molecule has 0 amide bonds. The van der Waals surface area contributed by atoms with Crippen molar-refractivity contribution in [3.05, 3.63) is 30.1 Å². The van der Waals surface area contributed by atoms with Crippen LogP contribution in [0.1, 0.15) is 25.6 Å². The zero-order valence-corrected chi connectivity index (χ0v) is 12.5. The second kappa shape index (κ2) is 5.94. The number of fused-ring (bicyclic) bond motifs is 1. The van der Waals surface area contributed by atoms with Crippen molar-refractivity contribution in [2.75, 3.05) is 20.1 Å². The number of hydrogen-bond donors (Lipinski definition) is 1. The molecule has 20 heavy (non-hydrogen) atoms. The minimum absolute atomic E-state index is 0.635. The lowest BCUT2D eigenvalue weighted by Gasteiger charge is -2.29. The van der Waals surface area contributed by atoms with Gasteiger partial charge in [-0.2, -0.15) is 0 Å². The monoisotopic (exact) mass is 272 g/mol. The van der Waals surface area contributed by atoms with E-state index in [2.05, 4.69) is 53.0 Å². The smallest absolute Gasteiger partial charge is 0.123 e. The normalized spacial score (nSPS) is 17.9. The highest BCUT2D eigenvalue weighted by Crippen LogP contribution is 2.16. The number of rotatable bonds is 4. The number of nitrogens with zero attached hydrogens (tertiary/aromatic N) is 3. The largest absolute Gasteiger partial charge is 0.327 e. The van der Waals surface area contributed by atoms with Gasteiger partial charge in [0.1, 0.15) is 5.82 Å². The summed E-state index contributed by atoms with van der Waals surface area (Å²) in [4.78, 5) is 7.18. The van der Waals surface area contributed by atoms with Gasteiger partial charge in [-0.1, -0.05) is 12.1 Å². The van der Waals surface area contributed by atoms with E-state index in [1.54, 1.807) is 0 Å². The zero-order valence-electron chi connectivity index (χ0n) is 12.5. The molecule has 1 aliphatic heterocycles. The van der Waals surface area contributed by atoms with Gasteiger partial charge >= 0.3 is 0 Å². The van der Waals surface area contributed by atoms with Crippen molar-refractivity contribution in [3.8, 4) is 0 Å². The lowest BCUT2D eigenvalue weighted by molar-refractivity contribution is 0.233. The summed E-state index contributed by atoms with van der Waals surface area (Å²) in [6.07, 6.45) is 2.48. The maximum atomic E-state index is 4.77. The van der Waals surface area contributed by atoms with Gasteiger partial charge in [-0.15, -0.1) is 0 Å². The summed E-state index contributed by atoms with van der Waals surface area (Å²) < 4.78 is 2.32. The van der Waals surface area contributed by atoms with Crippen molar-refractivity contribution < 1.29 is 0 Å². The van der Waals surface area contributed by atoms with E-state index in [1.165, 1.54) is 31.4 Å². The third-order valence-corrected chi connectivity index (χ3v) is 4.32. The molecule has 0 unspecified atom stereocenters. The molecular weight excluding hydrogens is 248 g/mol. The van der Waals surface area contributed by atoms with Gasteiger partial charge in [0, 0.05) is 12.6 Å². The summed E-state index contributed by atoms with van der Waals surface area (Å²) >= 11 is 0. The molecule has 1 aliphatic rings. The van der Waals surface area contributed by atoms with Crippen LogP contribution in [0.15, 0.2) is 24.3 Å². The Morgan fingerprint density at radius 3 is 2.75 bits per heavy atom. The predicted molar refractivity (Wildman–Crippen MR) is 82.8 cm³/mol. The highest BCUT2D eigenvalue weighted by Gasteiger charge is 2.17. The third-order valence-electron chi connectivity index (χ3n) is 4.32. The van der Waals surface area contributed by atoms with Gasteiger partial charge in [-0.05, 0) is 52.0 Å². The van der Waals surface area contributed by atoms with Crippen molar-refractivity contribution in [2.24, 2.45) is 0 Å². The molecule has 0 radical (unpaired) electrons. The van der Waals surface area contributed by atoms with Gasteiger partial charge < -0.3 is 14.8 Å². The molecule has 1 aromatic heterocycles. The summed E-state index contributed by atoms with van der Waals surface area (Å²) in [5.41, 5.74) is 2.35. The molecular formula is C16H24N4. The summed E-state index contributed by atoms with van der Waals surface area (Å²) in [5, 5.41) is 3.68. The summed E-state index contributed by atoms with van der Waals surface area (Å²) in [6.45, 7) is 6.43. The Balaban J connectivity index is 1.71. The fourth-order valence-electron chi connectivity index (χ4n) is 3.06. The fraction of sp³-hybridized carbons (Fsp3) is 0.562. The van der Waals surface area contributed by atoms with E-state index < -0.39 is 0 Å². The molecule has 4 nitrogen and oxygen atoms in total. The zero-order chi connectivity index (χ0) is 13.9. The number of aromatic nitrogens is 2. The van der Waals surface area contributed by atoms with Gasteiger partial charge in [-0.25, -0.2) is 4.98 Å². The molecule has 108 valence electrons. The average Bonchev–Trinajstić information content (AvgIpc) is 2.84. The minimum atomic E-state index is 0.635. The Morgan fingerprint density at radius 2 is 2.00 bits per heavy atom. The molecule has 1 N–H and O–H groups in total. The topological polar surface area (TPSA) is 33.1 Å². The van der Waals surface area contributed by atoms with Crippen LogP contribution in [0, 0.1) is 0 Å². The van der Waals surface area contributed by atoms with Crippen molar-refractivity contribution in [2.45, 2.75) is 38.9 Å². The molecule has 4 heteroatoms. The maximum absolute atomic E-state index is 4.77. The van der Waals surface area contributed by atoms with Crippen LogP contribution in [-0.4, -0.2) is 40.6 Å². The Bertz CT molecular complexity index is 567. The van der Waals surface area contributed by atoms with Gasteiger partial charge in [0.25, 0.3) is 0 Å². The second-order valence-electron chi connectivity index (χ2n) is 5.72. The first-order valence-corrected chi connectivity index (χ1v) is 7.64. The van der Waals surface area contributed by atoms with Crippen LogP contribution >= 0.6 is 0 Å². The van der Waals surface area contributed by atoms with Crippen LogP contribution in [0.5, 0.6) is 0 Å². The van der Waals surface area contributed by atoms with Crippen molar-refractivity contribution in [3.63, 3.8) is 0 Å². The molecule has 2 aromatic rings. The first kappa shape index (κ1) is 13.6. The van der Waals surface area contributed by atoms with E-state index in [0.717, 1.165) is 24.4 Å². The number of benzene rings is 1. The Kier molecular flexibility index (Phi) is 4.03. The second-order valence-corrected chi connectivity index (χ2v) is 5.72. The van der Waals surface area contributed by atoms with Crippen molar-refractivity contribution in [1.29, 1.82) is 0 Å². The number of imidazole rings is 1. The minimum Gasteiger partial charge on any atom is -0.327 e. The van der Waals surface area contributed by atoms with E-state index in [4.69, 9.17) is 4.98 Å². The number of hydrogen-bond acceptors (Lipinski definition) is 3. The summed E-state index contributed by atoms with van der Waals surface area (Å²) in [7, 11) is 2.20. The molecule has 2 heterocycles. The highest BCUT2D eigenvalue weighted by atomic mass is 15.1. The van der Waals surface area contributed by atoms with Crippen molar-refractivity contribution >= 4 is 11.0 Å². The number of para-hydroxylation sites is 2. The van der Waals surface area contributed by atoms with Crippen LogP contribution in [0.3, 0.4) is 0 Å². The standard InChI is InChI=1S/C16H24N4/c1-3-20-15-7-5-4-6-14(15)18-16(20)12-17-13-8-10-19(2)11-9-13/h4-7,13,17H,3,8-12H2,1-2H3. The first-order chi connectivity index (χ1) is 9.78. The molecule has 1 saturated heterocycles. The van der Waals surface area contributed by atoms with Crippen LogP contribution in [-0.2, 0) is 13.1 Å². The molecule has 1 aromatic carbocycles.